The first kappa shape index (κ1) is 15.6. The zero-order valence-electron chi connectivity index (χ0n) is 12.2. The molecule has 2 heterocycles. The highest BCUT2D eigenvalue weighted by Crippen LogP contribution is 2.33. The highest BCUT2D eigenvalue weighted by Gasteiger charge is 2.38. The molecule has 0 saturated carbocycles. The van der Waals surface area contributed by atoms with Crippen molar-refractivity contribution in [3.05, 3.63) is 28.2 Å². The minimum absolute atomic E-state index is 0.0559. The molecule has 0 aromatic heterocycles. The van der Waals surface area contributed by atoms with Crippen molar-refractivity contribution in [2.24, 2.45) is 5.92 Å². The Morgan fingerprint density at radius 2 is 1.86 bits per heavy atom. The van der Waals surface area contributed by atoms with Gasteiger partial charge in [-0.1, -0.05) is 23.2 Å². The maximum Gasteiger partial charge on any atom is 0.228 e. The molecule has 0 N–H and O–H groups in total. The van der Waals surface area contributed by atoms with E-state index in [1.165, 1.54) is 6.42 Å². The molecule has 6 heteroatoms. The number of benzene rings is 1. The van der Waals surface area contributed by atoms with E-state index in [1.54, 1.807) is 23.1 Å². The van der Waals surface area contributed by atoms with E-state index in [2.05, 4.69) is 0 Å². The third-order valence-corrected chi connectivity index (χ3v) is 4.88. The molecule has 0 aliphatic carbocycles. The van der Waals surface area contributed by atoms with E-state index in [1.807, 2.05) is 4.90 Å². The molecule has 1 atom stereocenters. The highest BCUT2D eigenvalue weighted by molar-refractivity contribution is 6.36. The Morgan fingerprint density at radius 1 is 1.14 bits per heavy atom. The predicted molar refractivity (Wildman–Crippen MR) is 87.4 cm³/mol. The van der Waals surface area contributed by atoms with Crippen molar-refractivity contribution in [3.8, 4) is 0 Å². The van der Waals surface area contributed by atoms with Crippen LogP contribution in [-0.4, -0.2) is 36.3 Å². The second kappa shape index (κ2) is 6.47. The number of rotatable bonds is 2. The molecule has 1 aromatic carbocycles. The van der Waals surface area contributed by atoms with Crippen molar-refractivity contribution in [1.82, 2.24) is 4.90 Å². The second-order valence-electron chi connectivity index (χ2n) is 5.89. The molecule has 22 heavy (non-hydrogen) atoms. The molecular formula is C16H18Cl2N2O2. The van der Waals surface area contributed by atoms with Gasteiger partial charge in [-0.25, -0.2) is 0 Å². The molecule has 3 rings (SSSR count). The lowest BCUT2D eigenvalue weighted by atomic mass is 10.0. The Morgan fingerprint density at radius 3 is 2.55 bits per heavy atom. The molecule has 2 amide bonds. The Balaban J connectivity index is 1.74. The summed E-state index contributed by atoms with van der Waals surface area (Å²) in [5.41, 5.74) is 0.630. The third-order valence-electron chi connectivity index (χ3n) is 4.34. The Hall–Kier alpha value is -1.26. The quantitative estimate of drug-likeness (QED) is 0.828. The summed E-state index contributed by atoms with van der Waals surface area (Å²) in [7, 11) is 0. The van der Waals surface area contributed by atoms with E-state index in [0.29, 0.717) is 22.3 Å². The van der Waals surface area contributed by atoms with Crippen LogP contribution in [0, 0.1) is 5.92 Å². The fraction of sp³-hybridized carbons (Fsp3) is 0.500. The summed E-state index contributed by atoms with van der Waals surface area (Å²) in [4.78, 5) is 28.3. The van der Waals surface area contributed by atoms with Gasteiger partial charge in [0.1, 0.15) is 0 Å². The van der Waals surface area contributed by atoms with Crippen LogP contribution < -0.4 is 4.90 Å². The molecular weight excluding hydrogens is 323 g/mol. The minimum Gasteiger partial charge on any atom is -0.342 e. The molecule has 2 fully saturated rings. The first-order chi connectivity index (χ1) is 10.6. The number of carbonyl (C=O) groups is 2. The number of likely N-dealkylation sites (tertiary alicyclic amines) is 1. The highest BCUT2D eigenvalue weighted by atomic mass is 35.5. The van der Waals surface area contributed by atoms with Crippen LogP contribution >= 0.6 is 23.2 Å². The van der Waals surface area contributed by atoms with Gasteiger partial charge >= 0.3 is 0 Å². The molecule has 1 unspecified atom stereocenters. The Kier molecular flexibility index (Phi) is 4.59. The summed E-state index contributed by atoms with van der Waals surface area (Å²) in [6, 6.07) is 5.05. The average Bonchev–Trinajstić information content (AvgIpc) is 2.89. The molecule has 118 valence electrons. The van der Waals surface area contributed by atoms with Gasteiger partial charge < -0.3 is 9.80 Å². The van der Waals surface area contributed by atoms with Gasteiger partial charge in [0, 0.05) is 31.1 Å². The number of amides is 2. The number of anilines is 1. The van der Waals surface area contributed by atoms with Crippen molar-refractivity contribution in [2.45, 2.75) is 25.7 Å². The third kappa shape index (κ3) is 3.08. The molecule has 0 spiro atoms. The van der Waals surface area contributed by atoms with E-state index in [-0.39, 0.29) is 24.2 Å². The molecule has 2 saturated heterocycles. The standard InChI is InChI=1S/C16H18Cl2N2O2/c17-12-4-5-14(13(18)9-12)20-10-11(8-15(20)21)16(22)19-6-2-1-3-7-19/h4-5,9,11H,1-3,6-8,10H2. The maximum atomic E-state index is 12.6. The fourth-order valence-corrected chi connectivity index (χ4v) is 3.69. The van der Waals surface area contributed by atoms with Crippen LogP contribution in [0.3, 0.4) is 0 Å². The van der Waals surface area contributed by atoms with Crippen molar-refractivity contribution in [3.63, 3.8) is 0 Å². The van der Waals surface area contributed by atoms with Gasteiger partial charge in [0.05, 0.1) is 16.6 Å². The number of piperidine rings is 1. The van der Waals surface area contributed by atoms with Gasteiger partial charge in [0.15, 0.2) is 0 Å². The van der Waals surface area contributed by atoms with E-state index in [0.717, 1.165) is 25.9 Å². The first-order valence-corrected chi connectivity index (χ1v) is 8.36. The first-order valence-electron chi connectivity index (χ1n) is 7.60. The maximum absolute atomic E-state index is 12.6. The normalized spacial score (nSPS) is 22.3. The van der Waals surface area contributed by atoms with E-state index >= 15 is 0 Å². The molecule has 0 bridgehead atoms. The van der Waals surface area contributed by atoms with Crippen molar-refractivity contribution < 1.29 is 9.59 Å². The largest absolute Gasteiger partial charge is 0.342 e. The summed E-state index contributed by atoms with van der Waals surface area (Å²) in [5.74, 6) is -0.224. The summed E-state index contributed by atoms with van der Waals surface area (Å²) >= 11 is 12.1. The SMILES string of the molecule is O=C(C1CC(=O)N(c2ccc(Cl)cc2Cl)C1)N1CCCCC1. The van der Waals surface area contributed by atoms with Crippen LogP contribution in [0.5, 0.6) is 0 Å². The second-order valence-corrected chi connectivity index (χ2v) is 6.73. The number of halogens is 2. The summed E-state index contributed by atoms with van der Waals surface area (Å²) in [6.45, 7) is 2.02. The average molecular weight is 341 g/mol. The van der Waals surface area contributed by atoms with Crippen LogP contribution in [0.2, 0.25) is 10.0 Å². The zero-order chi connectivity index (χ0) is 15.7. The topological polar surface area (TPSA) is 40.6 Å². The van der Waals surface area contributed by atoms with E-state index in [4.69, 9.17) is 23.2 Å². The molecule has 0 radical (unpaired) electrons. The van der Waals surface area contributed by atoms with Gasteiger partial charge in [-0.3, -0.25) is 9.59 Å². The van der Waals surface area contributed by atoms with Crippen LogP contribution in [0.15, 0.2) is 18.2 Å². The lowest BCUT2D eigenvalue weighted by Gasteiger charge is -2.29. The molecule has 2 aliphatic heterocycles. The van der Waals surface area contributed by atoms with Gasteiger partial charge in [-0.05, 0) is 37.5 Å². The van der Waals surface area contributed by atoms with Crippen LogP contribution in [0.1, 0.15) is 25.7 Å². The van der Waals surface area contributed by atoms with E-state index in [9.17, 15) is 9.59 Å². The van der Waals surface area contributed by atoms with Crippen molar-refractivity contribution in [2.75, 3.05) is 24.5 Å². The summed E-state index contributed by atoms with van der Waals surface area (Å²) in [6.07, 6.45) is 3.55. The predicted octanol–water partition coefficient (Wildman–Crippen LogP) is 3.36. The number of hydrogen-bond donors (Lipinski definition) is 0. The lowest BCUT2D eigenvalue weighted by molar-refractivity contribution is -0.136. The van der Waals surface area contributed by atoms with Crippen LogP contribution in [-0.2, 0) is 9.59 Å². The van der Waals surface area contributed by atoms with Crippen LogP contribution in [0.4, 0.5) is 5.69 Å². The summed E-state index contributed by atoms with van der Waals surface area (Å²) < 4.78 is 0. The molecule has 1 aromatic rings. The molecule has 2 aliphatic rings. The Labute approximate surface area is 140 Å². The number of hydrogen-bond acceptors (Lipinski definition) is 2. The number of carbonyl (C=O) groups excluding carboxylic acids is 2. The monoisotopic (exact) mass is 340 g/mol. The smallest absolute Gasteiger partial charge is 0.228 e. The molecule has 4 nitrogen and oxygen atoms in total. The zero-order valence-corrected chi connectivity index (χ0v) is 13.7. The fourth-order valence-electron chi connectivity index (χ4n) is 3.18. The number of nitrogens with zero attached hydrogens (tertiary/aromatic N) is 2. The van der Waals surface area contributed by atoms with E-state index < -0.39 is 0 Å². The van der Waals surface area contributed by atoms with Gasteiger partial charge in [0.25, 0.3) is 0 Å². The lowest BCUT2D eigenvalue weighted by Crippen LogP contribution is -2.40. The summed E-state index contributed by atoms with van der Waals surface area (Å²) in [5, 5.41) is 0.966. The van der Waals surface area contributed by atoms with Crippen molar-refractivity contribution in [1.29, 1.82) is 0 Å². The van der Waals surface area contributed by atoms with Crippen molar-refractivity contribution >= 4 is 40.7 Å². The van der Waals surface area contributed by atoms with Gasteiger partial charge in [-0.2, -0.15) is 0 Å². The van der Waals surface area contributed by atoms with Gasteiger partial charge in [-0.15, -0.1) is 0 Å². The Bertz CT molecular complexity index is 600. The van der Waals surface area contributed by atoms with Gasteiger partial charge in [0.2, 0.25) is 11.8 Å². The minimum atomic E-state index is -0.266. The van der Waals surface area contributed by atoms with Crippen LogP contribution in [0.25, 0.3) is 0 Å².